The van der Waals surface area contributed by atoms with Crippen LogP contribution in [0.4, 0.5) is 5.88 Å². The van der Waals surface area contributed by atoms with Gasteiger partial charge in [0.25, 0.3) is 0 Å². The molecular weight excluding hydrogens is 206 g/mol. The van der Waals surface area contributed by atoms with Crippen LogP contribution in [-0.4, -0.2) is 31.1 Å². The maximum absolute atomic E-state index is 11.1. The largest absolute Gasteiger partial charge is 0.437 e. The summed E-state index contributed by atoms with van der Waals surface area (Å²) in [5.41, 5.74) is 0. The summed E-state index contributed by atoms with van der Waals surface area (Å²) in [5.74, 6) is 1.13. The molecule has 88 valence electrons. The van der Waals surface area contributed by atoms with Crippen molar-refractivity contribution in [2.75, 3.05) is 18.0 Å². The van der Waals surface area contributed by atoms with Crippen LogP contribution in [0.2, 0.25) is 0 Å². The molecule has 2 rings (SSSR count). The van der Waals surface area contributed by atoms with E-state index in [0.717, 1.165) is 19.0 Å². The van der Waals surface area contributed by atoms with Gasteiger partial charge in [-0.2, -0.15) is 0 Å². The molecule has 1 aromatic rings. The summed E-state index contributed by atoms with van der Waals surface area (Å²) < 4.78 is 11.1. The van der Waals surface area contributed by atoms with E-state index in [-0.39, 0.29) is 18.0 Å². The molecule has 0 amide bonds. The molecule has 0 aromatic carbocycles. The Morgan fingerprint density at radius 2 is 1.94 bits per heavy atom. The van der Waals surface area contributed by atoms with Gasteiger partial charge in [-0.15, -0.1) is 0 Å². The van der Waals surface area contributed by atoms with Gasteiger partial charge in [-0.25, -0.2) is 0 Å². The van der Waals surface area contributed by atoms with Crippen LogP contribution >= 0.6 is 0 Å². The van der Waals surface area contributed by atoms with Crippen LogP contribution in [-0.2, 0) is 4.74 Å². The van der Waals surface area contributed by atoms with Gasteiger partial charge < -0.3 is 14.1 Å². The number of furan rings is 1. The minimum absolute atomic E-state index is 0.0411. The van der Waals surface area contributed by atoms with E-state index in [1.165, 1.54) is 6.92 Å². The summed E-state index contributed by atoms with van der Waals surface area (Å²) >= 11 is 0. The number of carbonyl (C=O) groups is 1. The van der Waals surface area contributed by atoms with Gasteiger partial charge >= 0.3 is 0 Å². The van der Waals surface area contributed by atoms with Gasteiger partial charge in [-0.3, -0.25) is 4.79 Å². The fourth-order valence-electron chi connectivity index (χ4n) is 2.04. The molecule has 16 heavy (non-hydrogen) atoms. The molecule has 1 saturated heterocycles. The predicted molar refractivity (Wildman–Crippen MR) is 60.9 cm³/mol. The number of morpholine rings is 1. The van der Waals surface area contributed by atoms with E-state index in [1.54, 1.807) is 6.07 Å². The van der Waals surface area contributed by atoms with Crippen LogP contribution < -0.4 is 4.90 Å². The molecule has 0 radical (unpaired) electrons. The number of carbonyl (C=O) groups excluding carboxylic acids is 1. The van der Waals surface area contributed by atoms with Gasteiger partial charge in [0, 0.05) is 26.1 Å². The first-order valence-corrected chi connectivity index (χ1v) is 5.57. The fraction of sp³-hybridized carbons (Fsp3) is 0.583. The Labute approximate surface area is 95.2 Å². The molecule has 0 bridgehead atoms. The zero-order chi connectivity index (χ0) is 11.7. The van der Waals surface area contributed by atoms with E-state index in [9.17, 15) is 4.79 Å². The van der Waals surface area contributed by atoms with E-state index >= 15 is 0 Å². The van der Waals surface area contributed by atoms with Gasteiger partial charge in [0.05, 0.1) is 12.2 Å². The first-order valence-electron chi connectivity index (χ1n) is 5.57. The van der Waals surface area contributed by atoms with Crippen molar-refractivity contribution in [3.8, 4) is 0 Å². The van der Waals surface area contributed by atoms with Crippen LogP contribution in [0.15, 0.2) is 16.5 Å². The van der Waals surface area contributed by atoms with Gasteiger partial charge in [-0.1, -0.05) is 0 Å². The molecule has 4 heteroatoms. The van der Waals surface area contributed by atoms with Gasteiger partial charge in [0.1, 0.15) is 0 Å². The zero-order valence-corrected chi connectivity index (χ0v) is 9.90. The number of ether oxygens (including phenoxy) is 1. The van der Waals surface area contributed by atoms with Crippen LogP contribution in [0.5, 0.6) is 0 Å². The predicted octanol–water partition coefficient (Wildman–Crippen LogP) is 2.10. The quantitative estimate of drug-likeness (QED) is 0.720. The second-order valence-electron chi connectivity index (χ2n) is 4.36. The number of Topliss-reactive ketones (excluding diaryl/α,β-unsaturated/α-hetero) is 1. The average Bonchev–Trinajstić information content (AvgIpc) is 2.64. The summed E-state index contributed by atoms with van der Waals surface area (Å²) in [4.78, 5) is 13.2. The Kier molecular flexibility index (Phi) is 3.01. The van der Waals surface area contributed by atoms with E-state index in [2.05, 4.69) is 4.90 Å². The Morgan fingerprint density at radius 3 is 2.44 bits per heavy atom. The topological polar surface area (TPSA) is 42.7 Å². The third-order valence-electron chi connectivity index (χ3n) is 2.67. The van der Waals surface area contributed by atoms with Crippen molar-refractivity contribution >= 4 is 11.7 Å². The number of rotatable bonds is 2. The van der Waals surface area contributed by atoms with E-state index < -0.39 is 0 Å². The zero-order valence-electron chi connectivity index (χ0n) is 9.90. The molecule has 1 fully saturated rings. The average molecular weight is 223 g/mol. The van der Waals surface area contributed by atoms with Crippen LogP contribution in [0, 0.1) is 0 Å². The summed E-state index contributed by atoms with van der Waals surface area (Å²) in [6.07, 6.45) is 0.379. The number of hydrogen-bond acceptors (Lipinski definition) is 4. The monoisotopic (exact) mass is 223 g/mol. The van der Waals surface area contributed by atoms with Crippen LogP contribution in [0.3, 0.4) is 0 Å². The van der Waals surface area contributed by atoms with Gasteiger partial charge in [0.15, 0.2) is 17.4 Å². The standard InChI is InChI=1S/C12H17NO3/c1-8-6-13(7-9(2)15-8)12-5-4-11(16-12)10(3)14/h4-5,8-9H,6-7H2,1-3H3. The highest BCUT2D eigenvalue weighted by Crippen LogP contribution is 2.23. The van der Waals surface area contributed by atoms with E-state index in [0.29, 0.717) is 5.76 Å². The minimum atomic E-state index is -0.0411. The Balaban J connectivity index is 2.13. The van der Waals surface area contributed by atoms with Crippen molar-refractivity contribution in [2.24, 2.45) is 0 Å². The molecule has 0 aliphatic carbocycles. The van der Waals surface area contributed by atoms with Crippen molar-refractivity contribution in [1.29, 1.82) is 0 Å². The third-order valence-corrected chi connectivity index (χ3v) is 2.67. The highest BCUT2D eigenvalue weighted by atomic mass is 16.5. The molecule has 0 N–H and O–H groups in total. The number of anilines is 1. The van der Waals surface area contributed by atoms with Crippen molar-refractivity contribution in [1.82, 2.24) is 0 Å². The first kappa shape index (κ1) is 11.2. The van der Waals surface area contributed by atoms with Crippen LogP contribution in [0.1, 0.15) is 31.3 Å². The Morgan fingerprint density at radius 1 is 1.31 bits per heavy atom. The Bertz CT molecular complexity index is 375. The minimum Gasteiger partial charge on any atom is -0.437 e. The lowest BCUT2D eigenvalue weighted by Crippen LogP contribution is -2.45. The van der Waals surface area contributed by atoms with Gasteiger partial charge in [0.2, 0.25) is 0 Å². The number of ketones is 1. The maximum Gasteiger partial charge on any atom is 0.196 e. The molecule has 0 saturated carbocycles. The second-order valence-corrected chi connectivity index (χ2v) is 4.36. The number of nitrogens with zero attached hydrogens (tertiary/aromatic N) is 1. The molecule has 1 aliphatic rings. The van der Waals surface area contributed by atoms with Crippen molar-refractivity contribution in [3.63, 3.8) is 0 Å². The molecule has 1 aromatic heterocycles. The lowest BCUT2D eigenvalue weighted by Gasteiger charge is -2.35. The highest BCUT2D eigenvalue weighted by molar-refractivity contribution is 5.91. The molecule has 2 unspecified atom stereocenters. The smallest absolute Gasteiger partial charge is 0.196 e. The first-order chi connectivity index (χ1) is 7.56. The van der Waals surface area contributed by atoms with E-state index in [1.807, 2.05) is 19.9 Å². The molecule has 2 heterocycles. The Hall–Kier alpha value is -1.29. The summed E-state index contributed by atoms with van der Waals surface area (Å²) in [6.45, 7) is 7.19. The normalized spacial score (nSPS) is 25.8. The lowest BCUT2D eigenvalue weighted by atomic mass is 10.2. The number of hydrogen-bond donors (Lipinski definition) is 0. The molecule has 1 aliphatic heterocycles. The SMILES string of the molecule is CC(=O)c1ccc(N2CC(C)OC(C)C2)o1. The summed E-state index contributed by atoms with van der Waals surface area (Å²) in [5, 5.41) is 0. The molecule has 4 nitrogen and oxygen atoms in total. The molecule has 0 spiro atoms. The second kappa shape index (κ2) is 4.29. The molecule has 2 atom stereocenters. The van der Waals surface area contributed by atoms with Crippen molar-refractivity contribution in [2.45, 2.75) is 33.0 Å². The highest BCUT2D eigenvalue weighted by Gasteiger charge is 2.24. The van der Waals surface area contributed by atoms with Gasteiger partial charge in [-0.05, 0) is 19.9 Å². The maximum atomic E-state index is 11.1. The molecular formula is C12H17NO3. The van der Waals surface area contributed by atoms with Crippen LogP contribution in [0.25, 0.3) is 0 Å². The third kappa shape index (κ3) is 2.27. The lowest BCUT2D eigenvalue weighted by molar-refractivity contribution is -0.00642. The summed E-state index contributed by atoms with van der Waals surface area (Å²) in [6, 6.07) is 3.57. The van der Waals surface area contributed by atoms with E-state index in [4.69, 9.17) is 9.15 Å². The van der Waals surface area contributed by atoms with Crippen molar-refractivity contribution in [3.05, 3.63) is 17.9 Å². The summed E-state index contributed by atoms with van der Waals surface area (Å²) in [7, 11) is 0. The fourth-order valence-corrected chi connectivity index (χ4v) is 2.04. The van der Waals surface area contributed by atoms with Crippen molar-refractivity contribution < 1.29 is 13.9 Å².